The molecule has 0 spiro atoms. The molecule has 21 heavy (non-hydrogen) atoms. The molecule has 1 aromatic heterocycles. The minimum atomic E-state index is -0.00905. The maximum atomic E-state index is 12.4. The zero-order valence-corrected chi connectivity index (χ0v) is 12.6. The van der Waals surface area contributed by atoms with Crippen molar-refractivity contribution in [2.45, 2.75) is 26.2 Å². The number of carbonyl (C=O) groups excluding carboxylic acids is 1. The normalized spacial score (nSPS) is 14.6. The highest BCUT2D eigenvalue weighted by Gasteiger charge is 2.28. The van der Waals surface area contributed by atoms with E-state index in [1.54, 1.807) is 4.90 Å². The number of nitrogens with zero attached hydrogens (tertiary/aromatic N) is 2. The summed E-state index contributed by atoms with van der Waals surface area (Å²) in [5.74, 6) is 0.785. The highest BCUT2D eigenvalue weighted by atomic mass is 16.2. The number of benzene rings is 1. The van der Waals surface area contributed by atoms with Gasteiger partial charge in [0, 0.05) is 11.9 Å². The number of hydrogen-bond donors (Lipinski definition) is 1. The van der Waals surface area contributed by atoms with Crippen molar-refractivity contribution in [1.82, 2.24) is 4.98 Å². The lowest BCUT2D eigenvalue weighted by Crippen LogP contribution is -2.37. The molecule has 0 unspecified atom stereocenters. The van der Waals surface area contributed by atoms with Crippen molar-refractivity contribution in [3.8, 4) is 0 Å². The average Bonchev–Trinajstić information content (AvgIpc) is 2.46. The van der Waals surface area contributed by atoms with E-state index >= 15 is 0 Å². The van der Waals surface area contributed by atoms with E-state index < -0.39 is 0 Å². The summed E-state index contributed by atoms with van der Waals surface area (Å²) in [6, 6.07) is 11.8. The average molecular weight is 281 g/mol. The van der Waals surface area contributed by atoms with Crippen LogP contribution in [0.5, 0.6) is 0 Å². The fraction of sp³-hybridized carbons (Fsp3) is 0.294. The van der Waals surface area contributed by atoms with Crippen molar-refractivity contribution in [3.05, 3.63) is 48.2 Å². The van der Waals surface area contributed by atoms with E-state index in [0.29, 0.717) is 0 Å². The lowest BCUT2D eigenvalue weighted by Gasteiger charge is -2.31. The summed E-state index contributed by atoms with van der Waals surface area (Å²) in [7, 11) is 0. The van der Waals surface area contributed by atoms with Crippen LogP contribution in [-0.2, 0) is 10.2 Å². The second-order valence-electron chi connectivity index (χ2n) is 6.26. The molecule has 0 fully saturated rings. The van der Waals surface area contributed by atoms with Crippen molar-refractivity contribution >= 4 is 23.1 Å². The minimum absolute atomic E-state index is 0.00905. The maximum absolute atomic E-state index is 12.4. The number of carbonyl (C=O) groups is 1. The van der Waals surface area contributed by atoms with Crippen molar-refractivity contribution < 1.29 is 4.79 Å². The summed E-state index contributed by atoms with van der Waals surface area (Å²) in [5.41, 5.74) is 2.80. The van der Waals surface area contributed by atoms with Crippen LogP contribution in [0.4, 0.5) is 17.2 Å². The molecule has 0 bridgehead atoms. The Hall–Kier alpha value is -2.36. The van der Waals surface area contributed by atoms with E-state index in [1.165, 1.54) is 0 Å². The SMILES string of the molecule is CC(C)(C)c1cnc2c(c1)N(c1ccccc1)C(=O)CN2. The maximum Gasteiger partial charge on any atom is 0.251 e. The summed E-state index contributed by atoms with van der Waals surface area (Å²) in [6.07, 6.45) is 1.88. The van der Waals surface area contributed by atoms with Crippen LogP contribution < -0.4 is 10.2 Å². The summed E-state index contributed by atoms with van der Waals surface area (Å²) in [5, 5.41) is 3.09. The van der Waals surface area contributed by atoms with E-state index in [1.807, 2.05) is 36.5 Å². The molecule has 1 N–H and O–H groups in total. The van der Waals surface area contributed by atoms with Gasteiger partial charge in [-0.25, -0.2) is 4.98 Å². The molecule has 3 rings (SSSR count). The number of para-hydroxylation sites is 1. The van der Waals surface area contributed by atoms with Crippen LogP contribution in [-0.4, -0.2) is 17.4 Å². The lowest BCUT2D eigenvalue weighted by molar-refractivity contribution is -0.116. The van der Waals surface area contributed by atoms with Crippen LogP contribution in [0.1, 0.15) is 26.3 Å². The van der Waals surface area contributed by atoms with E-state index in [0.717, 1.165) is 22.8 Å². The molecule has 0 aliphatic carbocycles. The number of anilines is 3. The molecule has 2 heterocycles. The second kappa shape index (κ2) is 4.88. The standard InChI is InChI=1S/C17H19N3O/c1-17(2,3)12-9-14-16(18-10-12)19-11-15(21)20(14)13-7-5-4-6-8-13/h4-10H,11H2,1-3H3,(H,18,19). The third-order valence-corrected chi connectivity index (χ3v) is 3.65. The molecule has 4 heteroatoms. The first kappa shape index (κ1) is 13.6. The predicted molar refractivity (Wildman–Crippen MR) is 85.0 cm³/mol. The Bertz CT molecular complexity index is 674. The van der Waals surface area contributed by atoms with E-state index in [9.17, 15) is 4.79 Å². The molecule has 1 aromatic carbocycles. The molecule has 0 radical (unpaired) electrons. The van der Waals surface area contributed by atoms with Crippen molar-refractivity contribution in [2.24, 2.45) is 0 Å². The number of nitrogens with one attached hydrogen (secondary N) is 1. The molecule has 108 valence electrons. The van der Waals surface area contributed by atoms with Crippen LogP contribution in [0.3, 0.4) is 0 Å². The van der Waals surface area contributed by atoms with Gasteiger partial charge in [0.05, 0.1) is 12.2 Å². The van der Waals surface area contributed by atoms with Gasteiger partial charge in [0.15, 0.2) is 5.82 Å². The summed E-state index contributed by atoms with van der Waals surface area (Å²) in [6.45, 7) is 6.69. The third kappa shape index (κ3) is 2.49. The van der Waals surface area contributed by atoms with Gasteiger partial charge in [-0.1, -0.05) is 39.0 Å². The summed E-state index contributed by atoms with van der Waals surface area (Å²) < 4.78 is 0. The molecule has 2 aromatic rings. The first-order chi connectivity index (χ1) is 9.97. The first-order valence-electron chi connectivity index (χ1n) is 7.09. The molecule has 1 aliphatic heterocycles. The number of hydrogen-bond acceptors (Lipinski definition) is 3. The van der Waals surface area contributed by atoms with Crippen molar-refractivity contribution in [1.29, 1.82) is 0 Å². The quantitative estimate of drug-likeness (QED) is 0.870. The lowest BCUT2D eigenvalue weighted by atomic mass is 9.88. The van der Waals surface area contributed by atoms with Gasteiger partial charge in [0.25, 0.3) is 5.91 Å². The van der Waals surface area contributed by atoms with Gasteiger partial charge >= 0.3 is 0 Å². The fourth-order valence-corrected chi connectivity index (χ4v) is 2.40. The Morgan fingerprint density at radius 1 is 1.19 bits per heavy atom. The van der Waals surface area contributed by atoms with E-state index in [4.69, 9.17) is 0 Å². The number of pyridine rings is 1. The summed E-state index contributed by atoms with van der Waals surface area (Å²) >= 11 is 0. The largest absolute Gasteiger partial charge is 0.359 e. The van der Waals surface area contributed by atoms with E-state index in [-0.39, 0.29) is 17.9 Å². The highest BCUT2D eigenvalue weighted by Crippen LogP contribution is 2.36. The van der Waals surface area contributed by atoms with Crippen LogP contribution in [0.25, 0.3) is 0 Å². The molecular formula is C17H19N3O. The zero-order chi connectivity index (χ0) is 15.0. The topological polar surface area (TPSA) is 45.2 Å². The monoisotopic (exact) mass is 281 g/mol. The smallest absolute Gasteiger partial charge is 0.251 e. The minimum Gasteiger partial charge on any atom is -0.359 e. The molecular weight excluding hydrogens is 262 g/mol. The fourth-order valence-electron chi connectivity index (χ4n) is 2.40. The third-order valence-electron chi connectivity index (χ3n) is 3.65. The Kier molecular flexibility index (Phi) is 3.16. The second-order valence-corrected chi connectivity index (χ2v) is 6.26. The van der Waals surface area contributed by atoms with Gasteiger partial charge < -0.3 is 5.32 Å². The van der Waals surface area contributed by atoms with Gasteiger partial charge in [-0.3, -0.25) is 9.69 Å². The number of amides is 1. The highest BCUT2D eigenvalue weighted by molar-refractivity contribution is 6.07. The molecule has 4 nitrogen and oxygen atoms in total. The summed E-state index contributed by atoms with van der Waals surface area (Å²) in [4.78, 5) is 18.6. The number of fused-ring (bicyclic) bond motifs is 1. The van der Waals surface area contributed by atoms with Crippen LogP contribution in [0.15, 0.2) is 42.6 Å². The zero-order valence-electron chi connectivity index (χ0n) is 12.6. The van der Waals surface area contributed by atoms with Gasteiger partial charge in [0.2, 0.25) is 0 Å². The Balaban J connectivity index is 2.14. The van der Waals surface area contributed by atoms with Crippen LogP contribution >= 0.6 is 0 Å². The molecule has 0 saturated heterocycles. The molecule has 0 atom stereocenters. The van der Waals surface area contributed by atoms with Crippen molar-refractivity contribution in [2.75, 3.05) is 16.8 Å². The van der Waals surface area contributed by atoms with Gasteiger partial charge in [-0.2, -0.15) is 0 Å². The number of rotatable bonds is 1. The Morgan fingerprint density at radius 2 is 1.90 bits per heavy atom. The molecule has 0 saturated carbocycles. The molecule has 1 aliphatic rings. The molecule has 1 amide bonds. The van der Waals surface area contributed by atoms with Gasteiger partial charge in [-0.05, 0) is 29.2 Å². The van der Waals surface area contributed by atoms with E-state index in [2.05, 4.69) is 37.1 Å². The van der Waals surface area contributed by atoms with Crippen LogP contribution in [0.2, 0.25) is 0 Å². The Labute approximate surface area is 124 Å². The number of aromatic nitrogens is 1. The predicted octanol–water partition coefficient (Wildman–Crippen LogP) is 3.47. The van der Waals surface area contributed by atoms with Crippen LogP contribution in [0, 0.1) is 0 Å². The van der Waals surface area contributed by atoms with Gasteiger partial charge in [-0.15, -0.1) is 0 Å². The Morgan fingerprint density at radius 3 is 2.57 bits per heavy atom. The van der Waals surface area contributed by atoms with Crippen molar-refractivity contribution in [3.63, 3.8) is 0 Å². The van der Waals surface area contributed by atoms with Gasteiger partial charge in [0.1, 0.15) is 0 Å². The first-order valence-corrected chi connectivity index (χ1v) is 7.09.